The van der Waals surface area contributed by atoms with Gasteiger partial charge in [0.15, 0.2) is 0 Å². The Hall–Kier alpha value is -2.23. The molecule has 0 saturated carbocycles. The summed E-state index contributed by atoms with van der Waals surface area (Å²) in [4.78, 5) is 29.1. The van der Waals surface area contributed by atoms with Crippen LogP contribution in [-0.2, 0) is 42.6 Å². The normalized spacial score (nSPS) is 12.0. The molecular weight excluding hydrogens is 745 g/mol. The maximum absolute atomic E-state index is 12.2. The summed E-state index contributed by atoms with van der Waals surface area (Å²) in [5.74, 6) is 0.858. The van der Waals surface area contributed by atoms with Gasteiger partial charge >= 0.3 is 194 Å². The first kappa shape index (κ1) is 22.0. The van der Waals surface area contributed by atoms with Gasteiger partial charge in [-0.05, 0) is 0 Å². The van der Waals surface area contributed by atoms with Crippen LogP contribution in [0.1, 0.15) is 13.8 Å². The first-order chi connectivity index (χ1) is 14.9. The van der Waals surface area contributed by atoms with Gasteiger partial charge in [-0.25, -0.2) is 0 Å². The number of hydrogen-bond acceptors (Lipinski definition) is 3. The van der Waals surface area contributed by atoms with Crippen molar-refractivity contribution in [3.05, 3.63) is 72.8 Å². The fourth-order valence-electron chi connectivity index (χ4n) is 3.33. The van der Waals surface area contributed by atoms with Gasteiger partial charge in [0, 0.05) is 0 Å². The number of nitrogens with zero attached hydrogens (tertiary/aromatic N) is 2. The van der Waals surface area contributed by atoms with E-state index in [4.69, 9.17) is 4.98 Å². The summed E-state index contributed by atoms with van der Waals surface area (Å²) >= 11 is -3.94. The molecule has 0 radical (unpaired) electrons. The van der Waals surface area contributed by atoms with Gasteiger partial charge in [0.1, 0.15) is 0 Å². The van der Waals surface area contributed by atoms with Gasteiger partial charge in [0.05, 0.1) is 0 Å². The SMILES string of the molecule is C[C](=O)[Ir]([CH3])[c]1ccc(-n2c(-c3cccc[c]3[Ir]([CH3])[C](C)=O)nc3ccccc32)cc1. The van der Waals surface area contributed by atoms with Gasteiger partial charge in [-0.15, -0.1) is 0 Å². The van der Waals surface area contributed by atoms with Crippen molar-refractivity contribution in [1.82, 2.24) is 9.55 Å². The Morgan fingerprint density at radius 1 is 0.774 bits per heavy atom. The van der Waals surface area contributed by atoms with E-state index in [1.807, 2.05) is 30.3 Å². The number of benzene rings is 3. The molecule has 0 aliphatic rings. The van der Waals surface area contributed by atoms with Crippen LogP contribution in [0.25, 0.3) is 28.1 Å². The van der Waals surface area contributed by atoms with Gasteiger partial charge in [-0.1, -0.05) is 0 Å². The average molecular weight is 769 g/mol. The van der Waals surface area contributed by atoms with E-state index in [2.05, 4.69) is 57.9 Å². The Labute approximate surface area is 193 Å². The molecule has 4 rings (SSSR count). The summed E-state index contributed by atoms with van der Waals surface area (Å²) in [7, 11) is 0. The van der Waals surface area contributed by atoms with E-state index in [-0.39, 0.29) is 0 Å². The molecule has 0 aliphatic heterocycles. The zero-order chi connectivity index (χ0) is 22.1. The van der Waals surface area contributed by atoms with Crippen molar-refractivity contribution < 1.29 is 42.6 Å². The van der Waals surface area contributed by atoms with Crippen LogP contribution in [0, 0.1) is 0 Å². The second kappa shape index (κ2) is 9.10. The summed E-state index contributed by atoms with van der Waals surface area (Å²) < 4.78 is 5.10. The van der Waals surface area contributed by atoms with Crippen LogP contribution in [0.3, 0.4) is 0 Å². The molecule has 164 valence electrons. The maximum atomic E-state index is 12.2. The number of fused-ring (bicyclic) bond motifs is 1. The zero-order valence-electron chi connectivity index (χ0n) is 17.8. The van der Waals surface area contributed by atoms with Crippen molar-refractivity contribution in [2.24, 2.45) is 0 Å². The predicted molar refractivity (Wildman–Crippen MR) is 119 cm³/mol. The minimum absolute atomic E-state index is 0.295. The monoisotopic (exact) mass is 770 g/mol. The molecule has 1 aromatic heterocycles. The van der Waals surface area contributed by atoms with Crippen molar-refractivity contribution in [2.75, 3.05) is 0 Å². The molecule has 1 heterocycles. The molecule has 0 N–H and O–H groups in total. The summed E-state index contributed by atoms with van der Waals surface area (Å²) in [6.45, 7) is 3.40. The first-order valence-corrected chi connectivity index (χ1v) is 19.2. The van der Waals surface area contributed by atoms with E-state index in [0.717, 1.165) is 32.2 Å². The standard InChI is InChI=1S/C19H12N2.2C2H3O.2CH3.2Ir/c1-3-9-15(10-4-1)19-20-17-13-7-8-14-18(17)21(19)16-11-5-2-6-12-16;2*1-2-3;;;;/h1,3-9,11-14H;2*1H3;2*1H3;;. The summed E-state index contributed by atoms with van der Waals surface area (Å²) in [6, 6.07) is 24.6. The molecule has 0 saturated heterocycles. The first-order valence-electron chi connectivity index (χ1n) is 9.59. The van der Waals surface area contributed by atoms with Gasteiger partial charge in [0.25, 0.3) is 0 Å². The Bertz CT molecular complexity index is 1280. The van der Waals surface area contributed by atoms with E-state index in [1.165, 1.54) is 4.08 Å². The van der Waals surface area contributed by atoms with Gasteiger partial charge < -0.3 is 0 Å². The molecule has 0 amide bonds. The van der Waals surface area contributed by atoms with Crippen molar-refractivity contribution in [3.63, 3.8) is 0 Å². The molecule has 4 nitrogen and oxygen atoms in total. The molecule has 0 spiro atoms. The fraction of sp³-hybridized carbons (Fsp3) is 0.160. The Kier molecular flexibility index (Phi) is 6.45. The fourth-order valence-corrected chi connectivity index (χ4v) is 9.07. The van der Waals surface area contributed by atoms with Crippen LogP contribution >= 0.6 is 0 Å². The molecule has 3 aromatic carbocycles. The van der Waals surface area contributed by atoms with Crippen LogP contribution in [0.4, 0.5) is 0 Å². The third-order valence-electron chi connectivity index (χ3n) is 4.99. The van der Waals surface area contributed by atoms with E-state index in [0.29, 0.717) is 8.59 Å². The second-order valence-corrected chi connectivity index (χ2v) is 18.9. The Morgan fingerprint density at radius 3 is 2.06 bits per heavy atom. The van der Waals surface area contributed by atoms with Gasteiger partial charge in [0.2, 0.25) is 0 Å². The molecule has 31 heavy (non-hydrogen) atoms. The number of carbonyl (C=O) groups excluding carboxylic acids is 2. The molecule has 0 unspecified atom stereocenters. The number of imidazole rings is 1. The molecule has 4 aromatic rings. The van der Waals surface area contributed by atoms with Crippen LogP contribution in [-0.4, -0.2) is 18.1 Å². The van der Waals surface area contributed by atoms with Crippen LogP contribution in [0.5, 0.6) is 0 Å². The number of rotatable bonds is 6. The summed E-state index contributed by atoms with van der Waals surface area (Å²) in [6.07, 6.45) is 0. The molecule has 6 heteroatoms. The topological polar surface area (TPSA) is 52.0 Å². The average Bonchev–Trinajstić information content (AvgIpc) is 3.17. The quantitative estimate of drug-likeness (QED) is 0.293. The number of hydrogen-bond donors (Lipinski definition) is 0. The molecule has 0 fully saturated rings. The Balaban J connectivity index is 1.93. The van der Waals surface area contributed by atoms with Gasteiger partial charge in [-0.2, -0.15) is 0 Å². The molecule has 0 aliphatic carbocycles. The van der Waals surface area contributed by atoms with E-state index < -0.39 is 33.0 Å². The predicted octanol–water partition coefficient (Wildman–Crippen LogP) is 4.37. The van der Waals surface area contributed by atoms with E-state index >= 15 is 0 Å². The molecule has 0 atom stereocenters. The summed E-state index contributed by atoms with van der Waals surface area (Å²) in [5.41, 5.74) is 8.20. The third-order valence-corrected chi connectivity index (χ3v) is 15.9. The minimum atomic E-state index is -2.07. The van der Waals surface area contributed by atoms with Crippen molar-refractivity contribution in [1.29, 1.82) is 0 Å². The van der Waals surface area contributed by atoms with Crippen molar-refractivity contribution in [3.8, 4) is 17.1 Å². The second-order valence-electron chi connectivity index (χ2n) is 6.88. The molecule has 0 bridgehead atoms. The van der Waals surface area contributed by atoms with Crippen LogP contribution in [0.15, 0.2) is 72.8 Å². The van der Waals surface area contributed by atoms with Crippen molar-refractivity contribution >= 4 is 27.8 Å². The van der Waals surface area contributed by atoms with Crippen LogP contribution < -0.4 is 8.15 Å². The van der Waals surface area contributed by atoms with Gasteiger partial charge in [-0.3, -0.25) is 0 Å². The van der Waals surface area contributed by atoms with E-state index in [1.54, 1.807) is 13.8 Å². The number of aromatic nitrogens is 2. The third kappa shape index (κ3) is 4.26. The number of para-hydroxylation sites is 2. The van der Waals surface area contributed by atoms with E-state index in [9.17, 15) is 9.59 Å². The Morgan fingerprint density at radius 2 is 1.39 bits per heavy atom. The number of carbonyl (C=O) groups is 2. The zero-order valence-corrected chi connectivity index (χ0v) is 22.6. The van der Waals surface area contributed by atoms with Crippen LogP contribution in [0.2, 0.25) is 10.9 Å². The molecular formula is C25H24Ir2N2O2. The van der Waals surface area contributed by atoms with Crippen molar-refractivity contribution in [2.45, 2.75) is 24.7 Å². The summed E-state index contributed by atoms with van der Waals surface area (Å²) in [5, 5.41) is 0.